The number of aliphatic hydroxyl groups excluding tert-OH is 1. The van der Waals surface area contributed by atoms with Crippen LogP contribution in [0.1, 0.15) is 59.1 Å². The van der Waals surface area contributed by atoms with E-state index in [0.717, 1.165) is 0 Å². The maximum atomic E-state index is 14.8. The topological polar surface area (TPSA) is 242 Å². The Bertz CT molecular complexity index is 2060. The summed E-state index contributed by atoms with van der Waals surface area (Å²) in [4.78, 5) is 115. The van der Waals surface area contributed by atoms with Gasteiger partial charge in [-0.25, -0.2) is 4.79 Å². The van der Waals surface area contributed by atoms with Gasteiger partial charge < -0.3 is 51.0 Å². The zero-order valence-electron chi connectivity index (χ0n) is 37.5. The molecule has 18 heteroatoms. The van der Waals surface area contributed by atoms with Crippen LogP contribution in [-0.4, -0.2) is 131 Å². The molecule has 1 fully saturated rings. The van der Waals surface area contributed by atoms with Gasteiger partial charge in [0.25, 0.3) is 17.7 Å². The largest absolute Gasteiger partial charge is 0.458 e. The average Bonchev–Trinajstić information content (AvgIpc) is 3.27. The molecule has 0 aromatic heterocycles. The molecule has 2 heterocycles. The van der Waals surface area contributed by atoms with Gasteiger partial charge in [-0.2, -0.15) is 0 Å². The summed E-state index contributed by atoms with van der Waals surface area (Å²) in [6.07, 6.45) is 1.71. The van der Waals surface area contributed by atoms with Crippen LogP contribution >= 0.6 is 0 Å². The number of fused-ring (bicyclic) bond motifs is 2. The Balaban J connectivity index is 1.82. The first kappa shape index (κ1) is 50.2. The number of nitrogens with zero attached hydrogens (tertiary/aromatic N) is 2. The number of hydrogen-bond acceptors (Lipinski definition) is 11. The van der Waals surface area contributed by atoms with E-state index in [2.05, 4.69) is 26.6 Å². The summed E-state index contributed by atoms with van der Waals surface area (Å²) in [5.41, 5.74) is 1.10. The van der Waals surface area contributed by atoms with Gasteiger partial charge in [-0.1, -0.05) is 101 Å². The van der Waals surface area contributed by atoms with Crippen molar-refractivity contribution in [3.05, 3.63) is 95.8 Å². The summed E-state index contributed by atoms with van der Waals surface area (Å²) in [5.74, 6) is -7.63. The maximum Gasteiger partial charge on any atom is 0.329 e. The Hall–Kier alpha value is -6.40. The number of amides is 7. The Kier molecular flexibility index (Phi) is 18.3. The standard InChI is InChI=1S/C46H61N7O11/c1-9-31-39(55)48-32-21-16-22-53(44(32)60)34(24-30-19-14-11-15-20-30)45(61)52(7)33(23-29-17-12-10-13-18-29)40(56)50-37(27(4)5)46(62)64-28(6)38(43(59)47-31)51-42(58)36(26(2)3)49-41(57)35(25-54)63-8/h9-20,22,26-28,32-38,54H,21,23-25H2,1-8H3,(H,47,59)(H,48,55)(H,49,57)(H,50,56)(H,51,58)/b31-9-. The molecule has 1 saturated heterocycles. The Labute approximate surface area is 373 Å². The lowest BCUT2D eigenvalue weighted by molar-refractivity contribution is -0.157. The lowest BCUT2D eigenvalue weighted by Gasteiger charge is -2.38. The van der Waals surface area contributed by atoms with E-state index in [1.807, 2.05) is 6.07 Å². The fourth-order valence-corrected chi connectivity index (χ4v) is 7.28. The van der Waals surface area contributed by atoms with E-state index in [4.69, 9.17) is 9.47 Å². The van der Waals surface area contributed by atoms with Crippen molar-refractivity contribution in [3.8, 4) is 0 Å². The fourth-order valence-electron chi connectivity index (χ4n) is 7.28. The second kappa shape index (κ2) is 23.3. The monoisotopic (exact) mass is 887 g/mol. The molecule has 18 nitrogen and oxygen atoms in total. The summed E-state index contributed by atoms with van der Waals surface area (Å²) >= 11 is 0. The molecule has 2 aliphatic heterocycles. The van der Waals surface area contributed by atoms with Gasteiger partial charge in [-0.05, 0) is 43.2 Å². The Morgan fingerprint density at radius 3 is 2.00 bits per heavy atom. The summed E-state index contributed by atoms with van der Waals surface area (Å²) in [5, 5.41) is 22.6. The zero-order chi connectivity index (χ0) is 47.2. The smallest absolute Gasteiger partial charge is 0.329 e. The summed E-state index contributed by atoms with van der Waals surface area (Å²) in [7, 11) is 2.66. The highest BCUT2D eigenvalue weighted by Gasteiger charge is 2.42. The second-order valence-corrected chi connectivity index (χ2v) is 16.4. The number of nitrogens with one attached hydrogen (secondary N) is 5. The van der Waals surface area contributed by atoms with Crippen LogP contribution in [-0.2, 0) is 60.7 Å². The summed E-state index contributed by atoms with van der Waals surface area (Å²) < 4.78 is 10.8. The second-order valence-electron chi connectivity index (χ2n) is 16.4. The molecule has 0 aliphatic carbocycles. The van der Waals surface area contributed by atoms with Gasteiger partial charge >= 0.3 is 5.97 Å². The number of methoxy groups -OCH3 is 1. The minimum atomic E-state index is -1.71. The van der Waals surface area contributed by atoms with Crippen molar-refractivity contribution in [2.75, 3.05) is 20.8 Å². The number of ether oxygens (including phenoxy) is 2. The predicted molar refractivity (Wildman–Crippen MR) is 234 cm³/mol. The normalized spacial score (nSPS) is 24.5. The molecular weight excluding hydrogens is 827 g/mol. The highest BCUT2D eigenvalue weighted by atomic mass is 16.5. The van der Waals surface area contributed by atoms with E-state index in [1.54, 1.807) is 88.4 Å². The van der Waals surface area contributed by atoms with E-state index in [9.17, 15) is 43.5 Å². The minimum Gasteiger partial charge on any atom is -0.458 e. The van der Waals surface area contributed by atoms with E-state index in [1.165, 1.54) is 50.1 Å². The number of allylic oxidation sites excluding steroid dienone is 1. The number of esters is 1. The zero-order valence-corrected chi connectivity index (χ0v) is 37.5. The number of cyclic esters (lactones) is 1. The van der Waals surface area contributed by atoms with Crippen LogP contribution in [0.15, 0.2) is 84.7 Å². The lowest BCUT2D eigenvalue weighted by Crippen LogP contribution is -2.61. The van der Waals surface area contributed by atoms with Crippen molar-refractivity contribution in [2.45, 2.75) is 109 Å². The molecule has 8 unspecified atom stereocenters. The molecule has 346 valence electrons. The van der Waals surface area contributed by atoms with Crippen molar-refractivity contribution < 1.29 is 52.9 Å². The van der Waals surface area contributed by atoms with Crippen LogP contribution in [0.25, 0.3) is 0 Å². The third-order valence-corrected chi connectivity index (χ3v) is 11.1. The molecule has 6 N–H and O–H groups in total. The van der Waals surface area contributed by atoms with Crippen molar-refractivity contribution in [2.24, 2.45) is 11.8 Å². The van der Waals surface area contributed by atoms with Gasteiger partial charge in [-0.15, -0.1) is 0 Å². The quantitative estimate of drug-likeness (QED) is 0.128. The van der Waals surface area contributed by atoms with E-state index < -0.39 is 114 Å². The molecule has 2 aliphatic rings. The number of rotatable bonds is 12. The highest BCUT2D eigenvalue weighted by Crippen LogP contribution is 2.22. The van der Waals surface area contributed by atoms with Crippen LogP contribution in [0.2, 0.25) is 0 Å². The molecule has 64 heavy (non-hydrogen) atoms. The predicted octanol–water partition coefficient (Wildman–Crippen LogP) is 0.637. The van der Waals surface area contributed by atoms with Gasteiger partial charge in [0.1, 0.15) is 48.1 Å². The van der Waals surface area contributed by atoms with Gasteiger partial charge in [0.05, 0.1) is 6.61 Å². The molecule has 4 rings (SSSR count). The van der Waals surface area contributed by atoms with Crippen molar-refractivity contribution in [3.63, 3.8) is 0 Å². The van der Waals surface area contributed by atoms with Gasteiger partial charge in [0, 0.05) is 33.2 Å². The van der Waals surface area contributed by atoms with Gasteiger partial charge in [0.15, 0.2) is 6.10 Å². The molecule has 0 radical (unpaired) electrons. The van der Waals surface area contributed by atoms with Crippen molar-refractivity contribution in [1.29, 1.82) is 0 Å². The first-order valence-electron chi connectivity index (χ1n) is 21.3. The molecule has 2 aromatic carbocycles. The molecule has 0 saturated carbocycles. The van der Waals surface area contributed by atoms with Crippen LogP contribution in [0.3, 0.4) is 0 Å². The van der Waals surface area contributed by atoms with E-state index in [0.29, 0.717) is 11.1 Å². The van der Waals surface area contributed by atoms with E-state index in [-0.39, 0.29) is 25.0 Å². The minimum absolute atomic E-state index is 0.0170. The number of aliphatic hydroxyl groups is 1. The molecular formula is C46H61N7O11. The lowest BCUT2D eigenvalue weighted by atomic mass is 9.97. The number of carbonyl (C=O) groups excluding carboxylic acids is 8. The number of likely N-dealkylation sites (N-methyl/N-ethyl adjacent to an activating group) is 1. The van der Waals surface area contributed by atoms with Crippen LogP contribution in [0.5, 0.6) is 0 Å². The van der Waals surface area contributed by atoms with Gasteiger partial charge in [0.2, 0.25) is 23.6 Å². The molecule has 2 bridgehead atoms. The van der Waals surface area contributed by atoms with Crippen molar-refractivity contribution >= 4 is 47.3 Å². The van der Waals surface area contributed by atoms with Crippen LogP contribution in [0.4, 0.5) is 0 Å². The molecule has 2 aromatic rings. The van der Waals surface area contributed by atoms with Crippen LogP contribution < -0.4 is 26.6 Å². The highest BCUT2D eigenvalue weighted by molar-refractivity contribution is 6.03. The Morgan fingerprint density at radius 1 is 0.875 bits per heavy atom. The number of hydrogen-bond donors (Lipinski definition) is 6. The molecule has 0 spiro atoms. The third kappa shape index (κ3) is 12.8. The summed E-state index contributed by atoms with van der Waals surface area (Å²) in [6.45, 7) is 8.68. The fraction of sp³-hybridized carbons (Fsp3) is 0.478. The third-order valence-electron chi connectivity index (χ3n) is 11.1. The number of carbonyl (C=O) groups is 8. The maximum absolute atomic E-state index is 14.8. The number of benzene rings is 2. The SMILES string of the molecule is C/C=C1\NC(=O)C(NC(=O)C(NC(=O)C(CO)OC)C(C)C)C(C)OC(=O)C(C(C)C)NC(=O)C(Cc2ccccc2)N(C)C(=O)C(Cc2ccccc2)N2C=CCC(NC1=O)C2=O. The molecule has 8 atom stereocenters. The first-order chi connectivity index (χ1) is 30.4. The van der Waals surface area contributed by atoms with Crippen molar-refractivity contribution in [1.82, 2.24) is 36.4 Å². The van der Waals surface area contributed by atoms with Crippen LogP contribution in [0, 0.1) is 11.8 Å². The average molecular weight is 888 g/mol. The first-order valence-corrected chi connectivity index (χ1v) is 21.3. The Morgan fingerprint density at radius 2 is 1.47 bits per heavy atom. The van der Waals surface area contributed by atoms with Gasteiger partial charge in [-0.3, -0.25) is 33.6 Å². The molecule has 7 amide bonds. The summed E-state index contributed by atoms with van der Waals surface area (Å²) in [6, 6.07) is 10.0. The van der Waals surface area contributed by atoms with E-state index >= 15 is 0 Å².